The lowest BCUT2D eigenvalue weighted by Gasteiger charge is -2.47. The van der Waals surface area contributed by atoms with Gasteiger partial charge in [-0.1, -0.05) is 30.3 Å². The number of amides is 2. The number of benzene rings is 3. The second-order valence-corrected chi connectivity index (χ2v) is 11.0. The highest BCUT2D eigenvalue weighted by molar-refractivity contribution is 6.02. The molecule has 0 bridgehead atoms. The van der Waals surface area contributed by atoms with Gasteiger partial charge in [0.2, 0.25) is 12.7 Å². The Hall–Kier alpha value is -4.24. The van der Waals surface area contributed by atoms with Crippen LogP contribution in [-0.4, -0.2) is 80.3 Å². The van der Waals surface area contributed by atoms with E-state index >= 15 is 0 Å². The Morgan fingerprint density at radius 1 is 0.878 bits per heavy atom. The molecule has 3 aromatic carbocycles. The molecule has 1 fully saturated rings. The molecule has 1 saturated heterocycles. The van der Waals surface area contributed by atoms with E-state index in [1.165, 1.54) is 5.56 Å². The van der Waals surface area contributed by atoms with E-state index in [-0.39, 0.29) is 24.6 Å². The molecule has 2 amide bonds. The number of rotatable bonds is 5. The summed E-state index contributed by atoms with van der Waals surface area (Å²) in [7, 11) is 3.14. The molecule has 7 rings (SSSR count). The van der Waals surface area contributed by atoms with Crippen LogP contribution in [-0.2, 0) is 17.8 Å². The summed E-state index contributed by atoms with van der Waals surface area (Å²) in [6, 6.07) is 17.4. The molecule has 0 spiro atoms. The van der Waals surface area contributed by atoms with Crippen LogP contribution >= 0.6 is 0 Å². The lowest BCUT2D eigenvalue weighted by Crippen LogP contribution is -2.54. The van der Waals surface area contributed by atoms with Crippen LogP contribution in [0, 0.1) is 0 Å². The van der Waals surface area contributed by atoms with Gasteiger partial charge in [0, 0.05) is 44.8 Å². The first-order valence-corrected chi connectivity index (χ1v) is 14.1. The molecule has 0 radical (unpaired) electrons. The van der Waals surface area contributed by atoms with Crippen molar-refractivity contribution in [3.63, 3.8) is 0 Å². The quantitative estimate of drug-likeness (QED) is 0.476. The van der Waals surface area contributed by atoms with Gasteiger partial charge in [0.15, 0.2) is 23.0 Å². The molecule has 2 atom stereocenters. The van der Waals surface area contributed by atoms with Crippen LogP contribution in [0.1, 0.15) is 44.6 Å². The average Bonchev–Trinajstić information content (AvgIpc) is 3.49. The zero-order valence-electron chi connectivity index (χ0n) is 23.3. The number of piperazine rings is 1. The summed E-state index contributed by atoms with van der Waals surface area (Å²) in [5.74, 6) is 2.00. The number of hydrogen-bond donors (Lipinski definition) is 0. The fourth-order valence-electron chi connectivity index (χ4n) is 6.74. The number of ether oxygens (including phenoxy) is 4. The third-order valence-corrected chi connectivity index (χ3v) is 8.82. The van der Waals surface area contributed by atoms with Crippen molar-refractivity contribution < 1.29 is 28.5 Å². The molecule has 4 aliphatic heterocycles. The van der Waals surface area contributed by atoms with Crippen LogP contribution in [0.15, 0.2) is 54.6 Å². The van der Waals surface area contributed by atoms with E-state index in [9.17, 15) is 9.59 Å². The van der Waals surface area contributed by atoms with Crippen LogP contribution in [0.25, 0.3) is 0 Å². The number of nitrogens with zero attached hydrogens (tertiary/aromatic N) is 3. The van der Waals surface area contributed by atoms with Crippen LogP contribution in [0.2, 0.25) is 0 Å². The SMILES string of the molecule is COc1cc2c(cc1OC)[C@@H](C(=O)N1CCN(Cc3ccc4c(c3)OCO4)CC1)[C@@H]1c3ccccc3CCN1C2=O. The van der Waals surface area contributed by atoms with Crippen molar-refractivity contribution in [2.45, 2.75) is 24.9 Å². The second kappa shape index (κ2) is 10.3. The van der Waals surface area contributed by atoms with Gasteiger partial charge in [0.05, 0.1) is 26.2 Å². The maximum atomic E-state index is 14.5. The molecule has 9 heteroatoms. The first kappa shape index (κ1) is 25.7. The van der Waals surface area contributed by atoms with Gasteiger partial charge in [0.25, 0.3) is 5.91 Å². The molecule has 0 unspecified atom stereocenters. The highest BCUT2D eigenvalue weighted by atomic mass is 16.7. The van der Waals surface area contributed by atoms with Crippen LogP contribution in [0.4, 0.5) is 0 Å². The minimum absolute atomic E-state index is 0.0420. The normalized spacial score (nSPS) is 21.2. The summed E-state index contributed by atoms with van der Waals surface area (Å²) < 4.78 is 22.1. The number of carbonyl (C=O) groups is 2. The predicted molar refractivity (Wildman–Crippen MR) is 151 cm³/mol. The zero-order valence-corrected chi connectivity index (χ0v) is 23.3. The summed E-state index contributed by atoms with van der Waals surface area (Å²) in [6.07, 6.45) is 0.764. The molecule has 0 aromatic heterocycles. The van der Waals surface area contributed by atoms with Crippen molar-refractivity contribution in [1.29, 1.82) is 0 Å². The number of fused-ring (bicyclic) bond motifs is 5. The lowest BCUT2D eigenvalue weighted by atomic mass is 9.75. The average molecular weight is 556 g/mol. The Morgan fingerprint density at radius 3 is 2.44 bits per heavy atom. The topological polar surface area (TPSA) is 80.8 Å². The van der Waals surface area contributed by atoms with E-state index in [0.29, 0.717) is 42.3 Å². The van der Waals surface area contributed by atoms with Crippen molar-refractivity contribution in [3.8, 4) is 23.0 Å². The molecule has 0 N–H and O–H groups in total. The van der Waals surface area contributed by atoms with Crippen LogP contribution in [0.3, 0.4) is 0 Å². The number of carbonyl (C=O) groups excluding carboxylic acids is 2. The van der Waals surface area contributed by atoms with E-state index in [4.69, 9.17) is 18.9 Å². The Bertz CT molecular complexity index is 1520. The van der Waals surface area contributed by atoms with Crippen molar-refractivity contribution in [1.82, 2.24) is 14.7 Å². The maximum Gasteiger partial charge on any atom is 0.254 e. The molecule has 0 saturated carbocycles. The molecule has 3 aromatic rings. The van der Waals surface area contributed by atoms with E-state index in [0.717, 1.165) is 48.7 Å². The molecule has 41 heavy (non-hydrogen) atoms. The van der Waals surface area contributed by atoms with Gasteiger partial charge in [-0.05, 0) is 52.9 Å². The first-order chi connectivity index (χ1) is 20.1. The van der Waals surface area contributed by atoms with E-state index < -0.39 is 5.92 Å². The molecular weight excluding hydrogens is 522 g/mol. The zero-order chi connectivity index (χ0) is 28.1. The van der Waals surface area contributed by atoms with Gasteiger partial charge in [0.1, 0.15) is 0 Å². The van der Waals surface area contributed by atoms with Gasteiger partial charge in [-0.25, -0.2) is 0 Å². The van der Waals surface area contributed by atoms with E-state index in [1.54, 1.807) is 20.3 Å². The predicted octanol–water partition coefficient (Wildman–Crippen LogP) is 3.61. The minimum Gasteiger partial charge on any atom is -0.493 e. The van der Waals surface area contributed by atoms with Gasteiger partial charge in [-0.2, -0.15) is 0 Å². The Labute approximate surface area is 239 Å². The van der Waals surface area contributed by atoms with Gasteiger partial charge in [-0.3, -0.25) is 14.5 Å². The molecule has 9 nitrogen and oxygen atoms in total. The summed E-state index contributed by atoms with van der Waals surface area (Å²) in [6.45, 7) is 4.36. The largest absolute Gasteiger partial charge is 0.493 e. The smallest absolute Gasteiger partial charge is 0.254 e. The highest BCUT2D eigenvalue weighted by Gasteiger charge is 2.48. The van der Waals surface area contributed by atoms with E-state index in [1.807, 2.05) is 40.1 Å². The number of hydrogen-bond acceptors (Lipinski definition) is 7. The monoisotopic (exact) mass is 555 g/mol. The van der Waals surface area contributed by atoms with E-state index in [2.05, 4.69) is 23.1 Å². The Kier molecular flexibility index (Phi) is 6.46. The summed E-state index contributed by atoms with van der Waals surface area (Å²) in [5.41, 5.74) is 4.62. The highest BCUT2D eigenvalue weighted by Crippen LogP contribution is 2.49. The maximum absolute atomic E-state index is 14.5. The second-order valence-electron chi connectivity index (χ2n) is 11.0. The third kappa shape index (κ3) is 4.35. The fraction of sp³-hybridized carbons (Fsp3) is 0.375. The van der Waals surface area contributed by atoms with Crippen LogP contribution in [0.5, 0.6) is 23.0 Å². The number of methoxy groups -OCH3 is 2. The Morgan fingerprint density at radius 2 is 1.63 bits per heavy atom. The summed E-state index contributed by atoms with van der Waals surface area (Å²) in [4.78, 5) is 34.5. The summed E-state index contributed by atoms with van der Waals surface area (Å²) >= 11 is 0. The lowest BCUT2D eigenvalue weighted by molar-refractivity contribution is -0.136. The third-order valence-electron chi connectivity index (χ3n) is 8.82. The van der Waals surface area contributed by atoms with Crippen molar-refractivity contribution in [2.24, 2.45) is 0 Å². The first-order valence-electron chi connectivity index (χ1n) is 14.1. The van der Waals surface area contributed by atoms with Gasteiger partial charge < -0.3 is 28.7 Å². The minimum atomic E-state index is -0.538. The van der Waals surface area contributed by atoms with Crippen LogP contribution < -0.4 is 18.9 Å². The fourth-order valence-corrected chi connectivity index (χ4v) is 6.74. The van der Waals surface area contributed by atoms with Gasteiger partial charge >= 0.3 is 0 Å². The molecule has 4 heterocycles. The van der Waals surface area contributed by atoms with Crippen molar-refractivity contribution >= 4 is 11.8 Å². The van der Waals surface area contributed by atoms with Gasteiger partial charge in [-0.15, -0.1) is 0 Å². The molecule has 4 aliphatic rings. The van der Waals surface area contributed by atoms with Crippen molar-refractivity contribution in [2.75, 3.05) is 53.7 Å². The van der Waals surface area contributed by atoms with Crippen molar-refractivity contribution in [3.05, 3.63) is 82.4 Å². The molecule has 0 aliphatic carbocycles. The standard InChI is InChI=1S/C32H33N3O6/c1-38-26-16-23-24(17-27(26)39-2)31(36)35-10-9-21-5-3-4-6-22(21)30(35)29(23)32(37)34-13-11-33(12-14-34)18-20-7-8-25-28(15-20)41-19-40-25/h3-8,15-17,29-30H,9-14,18-19H2,1-2H3/t29-,30+/m1/s1. The molecular formula is C32H33N3O6. The summed E-state index contributed by atoms with van der Waals surface area (Å²) in [5, 5.41) is 0. The Balaban J connectivity index is 1.18. The molecule has 212 valence electrons.